The molecular weight excluding hydrogens is 388 g/mol. The van der Waals surface area contributed by atoms with Crippen LogP contribution in [0.1, 0.15) is 0 Å². The first-order valence-corrected chi connectivity index (χ1v) is 5.30. The molecule has 0 unspecified atom stereocenters. The monoisotopic (exact) mass is 400 g/mol. The number of aliphatic carboxylic acids is 6. The molecule has 13 heteroatoms. The minimum absolute atomic E-state index is 0. The van der Waals surface area contributed by atoms with Crippen molar-refractivity contribution >= 4 is 35.8 Å². The van der Waals surface area contributed by atoms with Gasteiger partial charge in [0, 0.05) is 36.5 Å². The molecule has 0 aliphatic heterocycles. The molecule has 12 nitrogen and oxygen atoms in total. The van der Waals surface area contributed by atoms with E-state index in [0.29, 0.717) is 36.5 Å². The van der Waals surface area contributed by atoms with Crippen molar-refractivity contribution in [1.82, 2.24) is 0 Å². The van der Waals surface area contributed by atoms with E-state index in [1.165, 1.54) is 0 Å². The van der Waals surface area contributed by atoms with Gasteiger partial charge in [-0.3, -0.25) is 0 Å². The van der Waals surface area contributed by atoms with E-state index >= 15 is 0 Å². The SMILES string of the molecule is O=C(O)/C=C/C(=O)O.O=C(O)/C=C/C(=O)O.O=C(O)/C=C/C(=O)O.[Cr+3]. The topological polar surface area (TPSA) is 224 Å². The first-order chi connectivity index (χ1) is 10.9. The fraction of sp³-hybridized carbons (Fsp3) is 0. The Balaban J connectivity index is -0.000000130. The molecule has 0 saturated carbocycles. The predicted octanol–water partition coefficient (Wildman–Crippen LogP) is -0.867. The number of carboxylic acids is 6. The molecule has 0 aromatic heterocycles. The van der Waals surface area contributed by atoms with E-state index in [4.69, 9.17) is 30.6 Å². The molecule has 0 amide bonds. The van der Waals surface area contributed by atoms with E-state index in [9.17, 15) is 28.8 Å². The second kappa shape index (κ2) is 18.6. The standard InChI is InChI=1S/3C4H4O4.Cr/c3*5-3(6)1-2-4(7)8;/h3*1-2H,(H,5,6)(H,7,8);/q;;;+3/b3*2-1+;. The average Bonchev–Trinajstić information content (AvgIpc) is 2.42. The first kappa shape index (κ1) is 29.6. The van der Waals surface area contributed by atoms with Crippen molar-refractivity contribution in [2.45, 2.75) is 0 Å². The van der Waals surface area contributed by atoms with Gasteiger partial charge >= 0.3 is 53.2 Å². The van der Waals surface area contributed by atoms with Crippen molar-refractivity contribution in [2.75, 3.05) is 0 Å². The van der Waals surface area contributed by atoms with Crippen LogP contribution in [-0.4, -0.2) is 66.5 Å². The van der Waals surface area contributed by atoms with E-state index < -0.39 is 35.8 Å². The van der Waals surface area contributed by atoms with Crippen LogP contribution in [0.3, 0.4) is 0 Å². The maximum Gasteiger partial charge on any atom is 3.00 e. The van der Waals surface area contributed by atoms with Gasteiger partial charge in [0.1, 0.15) is 0 Å². The van der Waals surface area contributed by atoms with Gasteiger partial charge in [0.25, 0.3) is 0 Å². The zero-order valence-electron chi connectivity index (χ0n) is 12.0. The summed E-state index contributed by atoms with van der Waals surface area (Å²) in [7, 11) is 0. The summed E-state index contributed by atoms with van der Waals surface area (Å²) in [5.41, 5.74) is 0. The molecule has 0 aliphatic rings. The summed E-state index contributed by atoms with van der Waals surface area (Å²) < 4.78 is 0. The van der Waals surface area contributed by atoms with Gasteiger partial charge in [-0.1, -0.05) is 0 Å². The van der Waals surface area contributed by atoms with Crippen LogP contribution in [0.4, 0.5) is 0 Å². The van der Waals surface area contributed by atoms with Gasteiger partial charge in [0.05, 0.1) is 0 Å². The van der Waals surface area contributed by atoms with E-state index in [0.717, 1.165) is 0 Å². The Morgan fingerprint density at radius 1 is 0.360 bits per heavy atom. The molecule has 0 spiro atoms. The van der Waals surface area contributed by atoms with Crippen molar-refractivity contribution < 1.29 is 76.8 Å². The second-order valence-electron chi connectivity index (χ2n) is 3.03. The summed E-state index contributed by atoms with van der Waals surface area (Å²) in [5.74, 6) is -7.54. The van der Waals surface area contributed by atoms with Gasteiger partial charge in [-0.2, -0.15) is 0 Å². The molecule has 0 saturated heterocycles. The molecular formula is C12H12CrO12+3. The summed E-state index contributed by atoms with van der Waals surface area (Å²) in [6.45, 7) is 0. The van der Waals surface area contributed by atoms with Crippen LogP contribution in [0.5, 0.6) is 0 Å². The molecule has 0 heterocycles. The first-order valence-electron chi connectivity index (χ1n) is 5.30. The molecule has 25 heavy (non-hydrogen) atoms. The zero-order valence-corrected chi connectivity index (χ0v) is 13.3. The quantitative estimate of drug-likeness (QED) is 0.299. The predicted molar refractivity (Wildman–Crippen MR) is 73.2 cm³/mol. The summed E-state index contributed by atoms with van der Waals surface area (Å²) >= 11 is 0. The molecule has 0 bridgehead atoms. The van der Waals surface area contributed by atoms with Crippen molar-refractivity contribution in [3.05, 3.63) is 36.5 Å². The Hall–Kier alpha value is -3.43. The van der Waals surface area contributed by atoms with E-state index in [-0.39, 0.29) is 17.4 Å². The maximum atomic E-state index is 9.55. The normalized spacial score (nSPS) is 9.12. The van der Waals surface area contributed by atoms with Crippen LogP contribution in [0.2, 0.25) is 0 Å². The van der Waals surface area contributed by atoms with E-state index in [1.54, 1.807) is 0 Å². The van der Waals surface area contributed by atoms with Crippen molar-refractivity contribution in [3.8, 4) is 0 Å². The molecule has 0 rings (SSSR count). The summed E-state index contributed by atoms with van der Waals surface area (Å²) in [4.78, 5) is 57.3. The zero-order chi connectivity index (χ0) is 19.7. The molecule has 1 radical (unpaired) electrons. The summed E-state index contributed by atoms with van der Waals surface area (Å²) in [6, 6.07) is 0. The van der Waals surface area contributed by atoms with E-state index in [2.05, 4.69) is 0 Å². The van der Waals surface area contributed by atoms with Crippen molar-refractivity contribution in [3.63, 3.8) is 0 Å². The Kier molecular flexibility index (Phi) is 22.0. The van der Waals surface area contributed by atoms with Gasteiger partial charge in [-0.05, 0) is 0 Å². The Bertz CT molecular complexity index is 444. The molecule has 0 aromatic rings. The van der Waals surface area contributed by atoms with E-state index in [1.807, 2.05) is 0 Å². The fourth-order valence-electron chi connectivity index (χ4n) is 0.428. The smallest absolute Gasteiger partial charge is 0.478 e. The number of hydrogen-bond acceptors (Lipinski definition) is 6. The number of rotatable bonds is 6. The average molecular weight is 400 g/mol. The Morgan fingerprint density at radius 3 is 0.480 bits per heavy atom. The summed E-state index contributed by atoms with van der Waals surface area (Å²) in [6.07, 6.45) is 3.35. The molecule has 135 valence electrons. The largest absolute Gasteiger partial charge is 3.00 e. The van der Waals surface area contributed by atoms with Gasteiger partial charge in [0.15, 0.2) is 0 Å². The van der Waals surface area contributed by atoms with Crippen LogP contribution in [-0.2, 0) is 46.1 Å². The van der Waals surface area contributed by atoms with Gasteiger partial charge < -0.3 is 30.6 Å². The molecule has 0 aliphatic carbocycles. The van der Waals surface area contributed by atoms with Crippen LogP contribution in [0, 0.1) is 0 Å². The Labute approximate surface area is 149 Å². The van der Waals surface area contributed by atoms with Crippen LogP contribution in [0.15, 0.2) is 36.5 Å². The van der Waals surface area contributed by atoms with Gasteiger partial charge in [-0.15, -0.1) is 0 Å². The minimum atomic E-state index is -1.26. The maximum absolute atomic E-state index is 9.55. The third-order valence-corrected chi connectivity index (χ3v) is 1.11. The van der Waals surface area contributed by atoms with Crippen LogP contribution >= 0.6 is 0 Å². The number of carbonyl (C=O) groups is 6. The third-order valence-electron chi connectivity index (χ3n) is 1.11. The van der Waals surface area contributed by atoms with Crippen LogP contribution in [0.25, 0.3) is 0 Å². The number of hydrogen-bond donors (Lipinski definition) is 6. The molecule has 0 fully saturated rings. The van der Waals surface area contributed by atoms with Gasteiger partial charge in [-0.25, -0.2) is 28.8 Å². The third kappa shape index (κ3) is 53.0. The second-order valence-corrected chi connectivity index (χ2v) is 3.03. The van der Waals surface area contributed by atoms with Crippen LogP contribution < -0.4 is 0 Å². The Morgan fingerprint density at radius 2 is 0.440 bits per heavy atom. The van der Waals surface area contributed by atoms with Crippen molar-refractivity contribution in [2.24, 2.45) is 0 Å². The molecule has 0 atom stereocenters. The minimum Gasteiger partial charge on any atom is -0.478 e. The van der Waals surface area contributed by atoms with Gasteiger partial charge in [0.2, 0.25) is 0 Å². The molecule has 0 aromatic carbocycles. The molecule has 6 N–H and O–H groups in total. The fourth-order valence-corrected chi connectivity index (χ4v) is 0.428. The van der Waals surface area contributed by atoms with Crippen molar-refractivity contribution in [1.29, 1.82) is 0 Å². The summed E-state index contributed by atoms with van der Waals surface area (Å²) in [5, 5.41) is 46.9. The number of carboxylic acid groups (broad SMARTS) is 6.